The number of thioether (sulfide) groups is 1. The molecule has 2 rings (SSSR count). The van der Waals surface area contributed by atoms with Crippen molar-refractivity contribution in [2.75, 3.05) is 19.0 Å². The van der Waals surface area contributed by atoms with Crippen LogP contribution in [0.5, 0.6) is 0 Å². The van der Waals surface area contributed by atoms with Crippen molar-refractivity contribution in [3.63, 3.8) is 0 Å². The van der Waals surface area contributed by atoms with Crippen LogP contribution in [0.25, 0.3) is 0 Å². The second-order valence-corrected chi connectivity index (χ2v) is 5.43. The maximum atomic E-state index is 2.17. The van der Waals surface area contributed by atoms with Gasteiger partial charge in [-0.3, -0.25) is 0 Å². The van der Waals surface area contributed by atoms with Gasteiger partial charge in [-0.15, -0.1) is 0 Å². The van der Waals surface area contributed by atoms with Crippen LogP contribution in [0.2, 0.25) is 0 Å². The summed E-state index contributed by atoms with van der Waals surface area (Å²) in [6.45, 7) is 0.896. The van der Waals surface area contributed by atoms with E-state index < -0.39 is 0 Å². The van der Waals surface area contributed by atoms with Crippen LogP contribution in [0, 0.1) is 0 Å². The van der Waals surface area contributed by atoms with Crippen molar-refractivity contribution >= 4 is 17.4 Å². The minimum atomic E-state index is 0.896. The molecule has 0 spiro atoms. The standard InChI is InChI=1S/C16H19N2S/c1-17(2)15-9-12-18(13-10-15)11-6-14-19-16-7-4-3-5-8-16/h3-10,12-14H,11H2,1-2H3/q+1. The summed E-state index contributed by atoms with van der Waals surface area (Å²) in [7, 11) is 4.10. The first-order valence-corrected chi connectivity index (χ1v) is 7.17. The minimum Gasteiger partial charge on any atom is -0.377 e. The van der Waals surface area contributed by atoms with Gasteiger partial charge in [-0.05, 0) is 23.6 Å². The van der Waals surface area contributed by atoms with Crippen LogP contribution in [0.3, 0.4) is 0 Å². The van der Waals surface area contributed by atoms with Crippen LogP contribution < -0.4 is 9.47 Å². The number of hydrogen-bond acceptors (Lipinski definition) is 2. The Morgan fingerprint density at radius 3 is 2.37 bits per heavy atom. The number of hydrogen-bond donors (Lipinski definition) is 0. The van der Waals surface area contributed by atoms with Crippen molar-refractivity contribution in [1.82, 2.24) is 0 Å². The van der Waals surface area contributed by atoms with Crippen LogP contribution in [0.1, 0.15) is 0 Å². The molecule has 0 aliphatic carbocycles. The Balaban J connectivity index is 1.85. The average Bonchev–Trinajstić information content (AvgIpc) is 2.45. The van der Waals surface area contributed by atoms with Gasteiger partial charge in [0.15, 0.2) is 18.9 Å². The Morgan fingerprint density at radius 2 is 1.74 bits per heavy atom. The number of benzene rings is 1. The molecule has 0 aliphatic heterocycles. The Bertz CT molecular complexity index is 518. The molecular weight excluding hydrogens is 252 g/mol. The maximum Gasteiger partial charge on any atom is 0.171 e. The molecule has 1 aromatic carbocycles. The van der Waals surface area contributed by atoms with Crippen LogP contribution in [-0.2, 0) is 6.54 Å². The zero-order valence-electron chi connectivity index (χ0n) is 11.4. The first-order chi connectivity index (χ1) is 9.25. The predicted molar refractivity (Wildman–Crippen MR) is 82.4 cm³/mol. The van der Waals surface area contributed by atoms with Gasteiger partial charge in [0, 0.05) is 36.8 Å². The molecule has 0 unspecified atom stereocenters. The molecule has 1 heterocycles. The zero-order valence-corrected chi connectivity index (χ0v) is 12.2. The van der Waals surface area contributed by atoms with Crippen LogP contribution in [0.4, 0.5) is 5.69 Å². The fourth-order valence-corrected chi connectivity index (χ4v) is 2.31. The molecular formula is C16H19N2S+. The summed E-state index contributed by atoms with van der Waals surface area (Å²) in [5.41, 5.74) is 1.22. The van der Waals surface area contributed by atoms with E-state index in [1.807, 2.05) is 6.07 Å². The molecule has 0 saturated carbocycles. The van der Waals surface area contributed by atoms with Gasteiger partial charge in [0.25, 0.3) is 0 Å². The van der Waals surface area contributed by atoms with E-state index in [-0.39, 0.29) is 0 Å². The molecule has 0 radical (unpaired) electrons. The summed E-state index contributed by atoms with van der Waals surface area (Å²) >= 11 is 1.75. The molecule has 0 amide bonds. The van der Waals surface area contributed by atoms with E-state index in [9.17, 15) is 0 Å². The third-order valence-corrected chi connectivity index (χ3v) is 3.62. The quantitative estimate of drug-likeness (QED) is 0.608. The second kappa shape index (κ2) is 7.00. The van der Waals surface area contributed by atoms with Crippen molar-refractivity contribution in [3.05, 3.63) is 66.3 Å². The van der Waals surface area contributed by atoms with Crippen LogP contribution in [-0.4, -0.2) is 14.1 Å². The Kier molecular flexibility index (Phi) is 5.04. The number of rotatable bonds is 5. The molecule has 19 heavy (non-hydrogen) atoms. The van der Waals surface area contributed by atoms with Gasteiger partial charge in [0.1, 0.15) is 0 Å². The highest BCUT2D eigenvalue weighted by Gasteiger charge is 1.99. The Morgan fingerprint density at radius 1 is 1.05 bits per heavy atom. The van der Waals surface area contributed by atoms with Crippen LogP contribution in [0.15, 0.2) is 71.2 Å². The lowest BCUT2D eigenvalue weighted by Crippen LogP contribution is -2.31. The average molecular weight is 271 g/mol. The highest BCUT2D eigenvalue weighted by Crippen LogP contribution is 2.17. The van der Waals surface area contributed by atoms with Gasteiger partial charge in [-0.2, -0.15) is 0 Å². The monoisotopic (exact) mass is 271 g/mol. The molecule has 0 fully saturated rings. The highest BCUT2D eigenvalue weighted by atomic mass is 32.2. The van der Waals surface area contributed by atoms with Crippen molar-refractivity contribution in [2.24, 2.45) is 0 Å². The summed E-state index contributed by atoms with van der Waals surface area (Å²) in [4.78, 5) is 3.37. The summed E-state index contributed by atoms with van der Waals surface area (Å²) in [6, 6.07) is 14.6. The molecule has 1 aromatic heterocycles. The summed E-state index contributed by atoms with van der Waals surface area (Å²) in [5, 5.41) is 2.14. The number of anilines is 1. The zero-order chi connectivity index (χ0) is 13.5. The number of pyridine rings is 1. The smallest absolute Gasteiger partial charge is 0.171 e. The normalized spacial score (nSPS) is 10.8. The molecule has 0 saturated heterocycles. The molecule has 0 aliphatic rings. The summed E-state index contributed by atoms with van der Waals surface area (Å²) < 4.78 is 2.16. The molecule has 98 valence electrons. The van der Waals surface area contributed by atoms with Crippen molar-refractivity contribution < 1.29 is 4.57 Å². The molecule has 0 bridgehead atoms. The number of aromatic nitrogens is 1. The predicted octanol–water partition coefficient (Wildman–Crippen LogP) is 3.35. The van der Waals surface area contributed by atoms with E-state index in [1.54, 1.807) is 11.8 Å². The summed E-state index contributed by atoms with van der Waals surface area (Å²) in [5.74, 6) is 0. The molecule has 2 aromatic rings. The largest absolute Gasteiger partial charge is 0.377 e. The lowest BCUT2D eigenvalue weighted by molar-refractivity contribution is -0.686. The van der Waals surface area contributed by atoms with E-state index in [4.69, 9.17) is 0 Å². The van der Waals surface area contributed by atoms with E-state index in [2.05, 4.69) is 83.8 Å². The van der Waals surface area contributed by atoms with Gasteiger partial charge < -0.3 is 4.90 Å². The van der Waals surface area contributed by atoms with E-state index >= 15 is 0 Å². The Hall–Kier alpha value is -1.74. The molecule has 2 nitrogen and oxygen atoms in total. The maximum absolute atomic E-state index is 2.17. The molecule has 0 atom stereocenters. The van der Waals surface area contributed by atoms with E-state index in [0.29, 0.717) is 0 Å². The fraction of sp³-hybridized carbons (Fsp3) is 0.188. The highest BCUT2D eigenvalue weighted by molar-refractivity contribution is 8.02. The summed E-state index contributed by atoms with van der Waals surface area (Å²) in [6.07, 6.45) is 6.38. The Labute approximate surface area is 119 Å². The fourth-order valence-electron chi connectivity index (χ4n) is 1.66. The van der Waals surface area contributed by atoms with E-state index in [1.165, 1.54) is 10.6 Å². The lowest BCUT2D eigenvalue weighted by atomic mass is 10.4. The van der Waals surface area contributed by atoms with Gasteiger partial charge >= 0.3 is 0 Å². The topological polar surface area (TPSA) is 7.12 Å². The minimum absolute atomic E-state index is 0.896. The van der Waals surface area contributed by atoms with Gasteiger partial charge in [-0.25, -0.2) is 4.57 Å². The van der Waals surface area contributed by atoms with E-state index in [0.717, 1.165) is 6.54 Å². The van der Waals surface area contributed by atoms with Crippen molar-refractivity contribution in [2.45, 2.75) is 11.4 Å². The third kappa shape index (κ3) is 4.45. The third-order valence-electron chi connectivity index (χ3n) is 2.75. The first-order valence-electron chi connectivity index (χ1n) is 6.29. The second-order valence-electron chi connectivity index (χ2n) is 4.45. The van der Waals surface area contributed by atoms with Crippen LogP contribution >= 0.6 is 11.8 Å². The molecule has 0 N–H and O–H groups in total. The first kappa shape index (κ1) is 13.7. The lowest BCUT2D eigenvalue weighted by Gasteiger charge is -2.10. The van der Waals surface area contributed by atoms with Gasteiger partial charge in [-0.1, -0.05) is 30.0 Å². The molecule has 3 heteroatoms. The number of nitrogens with zero attached hydrogens (tertiary/aromatic N) is 2. The SMILES string of the molecule is CN(C)c1cc[n+](CC=CSc2ccccc2)cc1. The number of allylic oxidation sites excluding steroid dienone is 1. The van der Waals surface area contributed by atoms with Gasteiger partial charge in [0.2, 0.25) is 0 Å². The van der Waals surface area contributed by atoms with Crippen molar-refractivity contribution in [1.29, 1.82) is 0 Å². The van der Waals surface area contributed by atoms with Gasteiger partial charge in [0.05, 0.1) is 0 Å². The van der Waals surface area contributed by atoms with Crippen molar-refractivity contribution in [3.8, 4) is 0 Å².